The number of benzene rings is 2. The molecule has 0 saturated carbocycles. The second kappa shape index (κ2) is 13.3. The van der Waals surface area contributed by atoms with Gasteiger partial charge in [-0.2, -0.15) is 0 Å². The Morgan fingerprint density at radius 1 is 0.875 bits per heavy atom. The molecule has 170 valence electrons. The van der Waals surface area contributed by atoms with E-state index in [0.717, 1.165) is 11.1 Å². The number of alkyl carbamates (subject to hydrolysis) is 1. The first kappa shape index (κ1) is 25.1. The maximum Gasteiger partial charge on any atom is 0.408 e. The molecule has 2 aromatic carbocycles. The van der Waals surface area contributed by atoms with Crippen molar-refractivity contribution in [2.75, 3.05) is 5.33 Å². The summed E-state index contributed by atoms with van der Waals surface area (Å²) in [4.78, 5) is 48.2. The Hall–Kier alpha value is -3.20. The molecule has 2 rings (SSSR count). The highest BCUT2D eigenvalue weighted by Gasteiger charge is 2.27. The first-order valence-corrected chi connectivity index (χ1v) is 11.1. The summed E-state index contributed by atoms with van der Waals surface area (Å²) < 4.78 is 5.20. The zero-order valence-electron chi connectivity index (χ0n) is 17.3. The molecule has 3 N–H and O–H groups in total. The molecule has 0 aliphatic rings. The Labute approximate surface area is 194 Å². The number of carbonyl (C=O) groups is 4. The molecule has 0 saturated heterocycles. The Bertz CT molecular complexity index is 907. The first-order chi connectivity index (χ1) is 15.4. The number of alkyl halides is 1. The molecule has 8 nitrogen and oxygen atoms in total. The highest BCUT2D eigenvalue weighted by atomic mass is 79.9. The predicted molar refractivity (Wildman–Crippen MR) is 121 cm³/mol. The Morgan fingerprint density at radius 2 is 1.47 bits per heavy atom. The maximum absolute atomic E-state index is 12.8. The van der Waals surface area contributed by atoms with E-state index in [1.165, 1.54) is 0 Å². The molecule has 2 atom stereocenters. The number of rotatable bonds is 12. The van der Waals surface area contributed by atoms with Crippen LogP contribution in [-0.4, -0.2) is 46.3 Å². The fourth-order valence-corrected chi connectivity index (χ4v) is 3.15. The van der Waals surface area contributed by atoms with Gasteiger partial charge in [-0.1, -0.05) is 76.6 Å². The van der Waals surface area contributed by atoms with Crippen molar-refractivity contribution in [1.29, 1.82) is 0 Å². The SMILES string of the molecule is O=C(CBr)CCC(NC(=O)C(Cc1ccccc1)NC(=O)OCc1ccccc1)C(=O)O. The van der Waals surface area contributed by atoms with Crippen molar-refractivity contribution in [2.45, 2.75) is 38.0 Å². The fraction of sp³-hybridized carbons (Fsp3) is 0.304. The summed E-state index contributed by atoms with van der Waals surface area (Å²) in [5, 5.41) is 14.5. The number of amides is 2. The lowest BCUT2D eigenvalue weighted by atomic mass is 10.0. The van der Waals surface area contributed by atoms with Crippen LogP contribution in [0.15, 0.2) is 60.7 Å². The van der Waals surface area contributed by atoms with Crippen molar-refractivity contribution in [2.24, 2.45) is 0 Å². The summed E-state index contributed by atoms with van der Waals surface area (Å²) in [6.07, 6.45) is -0.716. The number of carboxylic acids is 1. The highest BCUT2D eigenvalue weighted by molar-refractivity contribution is 9.09. The van der Waals surface area contributed by atoms with E-state index in [2.05, 4.69) is 26.6 Å². The van der Waals surface area contributed by atoms with E-state index in [9.17, 15) is 24.3 Å². The third kappa shape index (κ3) is 8.89. The fourth-order valence-electron chi connectivity index (χ4n) is 2.87. The summed E-state index contributed by atoms with van der Waals surface area (Å²) in [5.41, 5.74) is 1.56. The number of nitrogens with one attached hydrogen (secondary N) is 2. The summed E-state index contributed by atoms with van der Waals surface area (Å²) in [6.45, 7) is 0.0265. The number of ketones is 1. The van der Waals surface area contributed by atoms with Crippen molar-refractivity contribution in [1.82, 2.24) is 10.6 Å². The minimum absolute atomic E-state index is 0.00159. The second-order valence-electron chi connectivity index (χ2n) is 7.06. The van der Waals surface area contributed by atoms with Gasteiger partial charge in [0.05, 0.1) is 5.33 Å². The molecule has 2 unspecified atom stereocenters. The van der Waals surface area contributed by atoms with E-state index in [-0.39, 0.29) is 37.0 Å². The van der Waals surface area contributed by atoms with Crippen LogP contribution in [0, 0.1) is 0 Å². The topological polar surface area (TPSA) is 122 Å². The van der Waals surface area contributed by atoms with E-state index >= 15 is 0 Å². The van der Waals surface area contributed by atoms with Gasteiger partial charge < -0.3 is 20.5 Å². The number of ether oxygens (including phenoxy) is 1. The Morgan fingerprint density at radius 3 is 2.03 bits per heavy atom. The van der Waals surface area contributed by atoms with E-state index in [0.29, 0.717) is 0 Å². The largest absolute Gasteiger partial charge is 0.480 e. The van der Waals surface area contributed by atoms with E-state index < -0.39 is 30.1 Å². The van der Waals surface area contributed by atoms with Crippen molar-refractivity contribution < 1.29 is 29.0 Å². The Kier molecular flexibility index (Phi) is 10.4. The van der Waals surface area contributed by atoms with E-state index in [1.54, 1.807) is 36.4 Å². The third-order valence-electron chi connectivity index (χ3n) is 4.58. The number of hydrogen-bond donors (Lipinski definition) is 3. The van der Waals surface area contributed by atoms with Gasteiger partial charge in [-0.05, 0) is 17.5 Å². The summed E-state index contributed by atoms with van der Waals surface area (Å²) >= 11 is 3.03. The van der Waals surface area contributed by atoms with Gasteiger partial charge in [0.1, 0.15) is 24.5 Å². The van der Waals surface area contributed by atoms with Crippen LogP contribution >= 0.6 is 15.9 Å². The van der Waals surface area contributed by atoms with Crippen molar-refractivity contribution in [3.63, 3.8) is 0 Å². The summed E-state index contributed by atoms with van der Waals surface area (Å²) in [6, 6.07) is 15.7. The Balaban J connectivity index is 2.05. The van der Waals surface area contributed by atoms with Crippen LogP contribution in [0.25, 0.3) is 0 Å². The number of halogens is 1. The molecule has 0 fully saturated rings. The lowest BCUT2D eigenvalue weighted by molar-refractivity contribution is -0.142. The van der Waals surface area contributed by atoms with Crippen molar-refractivity contribution >= 4 is 39.7 Å². The van der Waals surface area contributed by atoms with Gasteiger partial charge in [-0.25, -0.2) is 9.59 Å². The molecular weight excluding hydrogens is 480 g/mol. The van der Waals surface area contributed by atoms with Gasteiger partial charge in [0.15, 0.2) is 0 Å². The highest BCUT2D eigenvalue weighted by Crippen LogP contribution is 2.07. The first-order valence-electron chi connectivity index (χ1n) is 10.0. The van der Waals surface area contributed by atoms with Gasteiger partial charge in [-0.3, -0.25) is 9.59 Å². The maximum atomic E-state index is 12.8. The van der Waals surface area contributed by atoms with Crippen molar-refractivity contribution in [3.8, 4) is 0 Å². The molecule has 2 aromatic rings. The van der Waals surface area contributed by atoms with Crippen LogP contribution in [0.3, 0.4) is 0 Å². The number of carboxylic acid groups (broad SMARTS) is 1. The van der Waals surface area contributed by atoms with Gasteiger partial charge >= 0.3 is 12.1 Å². The average Bonchev–Trinajstić information content (AvgIpc) is 2.80. The molecule has 0 aliphatic heterocycles. The van der Waals surface area contributed by atoms with Crippen LogP contribution in [0.4, 0.5) is 4.79 Å². The monoisotopic (exact) mass is 504 g/mol. The van der Waals surface area contributed by atoms with Gasteiger partial charge in [0.2, 0.25) is 5.91 Å². The normalized spacial score (nSPS) is 12.3. The molecule has 0 radical (unpaired) electrons. The third-order valence-corrected chi connectivity index (χ3v) is 5.20. The quantitative estimate of drug-likeness (QED) is 0.382. The van der Waals surface area contributed by atoms with E-state index in [1.807, 2.05) is 24.3 Å². The second-order valence-corrected chi connectivity index (χ2v) is 7.62. The molecule has 0 spiro atoms. The summed E-state index contributed by atoms with van der Waals surface area (Å²) in [7, 11) is 0. The van der Waals surface area contributed by atoms with Crippen LogP contribution in [0.5, 0.6) is 0 Å². The average molecular weight is 505 g/mol. The summed E-state index contributed by atoms with van der Waals surface area (Å²) in [5.74, 6) is -2.11. The standard InChI is InChI=1S/C23H25BrN2O6/c24-14-18(27)11-12-19(22(29)30)25-21(28)20(13-16-7-3-1-4-8-16)26-23(31)32-15-17-9-5-2-6-10-17/h1-10,19-20H,11-15H2,(H,25,28)(H,26,31)(H,29,30). The van der Waals surface area contributed by atoms with Crippen LogP contribution < -0.4 is 10.6 Å². The molecule has 32 heavy (non-hydrogen) atoms. The lowest BCUT2D eigenvalue weighted by Gasteiger charge is -2.21. The predicted octanol–water partition coefficient (Wildman–Crippen LogP) is 2.84. The number of aliphatic carboxylic acids is 1. The molecule has 0 bridgehead atoms. The zero-order chi connectivity index (χ0) is 23.3. The smallest absolute Gasteiger partial charge is 0.408 e. The number of hydrogen-bond acceptors (Lipinski definition) is 5. The lowest BCUT2D eigenvalue weighted by Crippen LogP contribution is -2.52. The minimum atomic E-state index is -1.26. The number of carbonyl (C=O) groups excluding carboxylic acids is 3. The van der Waals surface area contributed by atoms with Crippen LogP contribution in [0.2, 0.25) is 0 Å². The minimum Gasteiger partial charge on any atom is -0.480 e. The van der Waals surface area contributed by atoms with Gasteiger partial charge in [0.25, 0.3) is 0 Å². The molecule has 0 aromatic heterocycles. The van der Waals surface area contributed by atoms with Crippen molar-refractivity contribution in [3.05, 3.63) is 71.8 Å². The van der Waals surface area contributed by atoms with Crippen LogP contribution in [0.1, 0.15) is 24.0 Å². The molecule has 0 heterocycles. The zero-order valence-corrected chi connectivity index (χ0v) is 18.9. The molecule has 0 aliphatic carbocycles. The molecule has 9 heteroatoms. The van der Waals surface area contributed by atoms with Crippen LogP contribution in [-0.2, 0) is 32.1 Å². The van der Waals surface area contributed by atoms with Gasteiger partial charge in [-0.15, -0.1) is 0 Å². The number of Topliss-reactive ketones (excluding diaryl/α,β-unsaturated/α-hetero) is 1. The molecular formula is C23H25BrN2O6. The van der Waals surface area contributed by atoms with E-state index in [4.69, 9.17) is 4.74 Å². The molecule has 2 amide bonds. The van der Waals surface area contributed by atoms with Gasteiger partial charge in [0, 0.05) is 12.8 Å².